The molecule has 6 rings (SSSR count). The van der Waals surface area contributed by atoms with Crippen LogP contribution < -0.4 is 10.5 Å². The van der Waals surface area contributed by atoms with E-state index in [9.17, 15) is 13.2 Å². The predicted molar refractivity (Wildman–Crippen MR) is 166 cm³/mol. The van der Waals surface area contributed by atoms with Gasteiger partial charge in [0, 0.05) is 29.1 Å². The minimum atomic E-state index is -4.02. The highest BCUT2D eigenvalue weighted by atomic mass is 32.2. The van der Waals surface area contributed by atoms with Crippen molar-refractivity contribution in [3.63, 3.8) is 0 Å². The number of para-hydroxylation sites is 2. The first-order chi connectivity index (χ1) is 20.7. The minimum absolute atomic E-state index is 0.102. The van der Waals surface area contributed by atoms with E-state index in [1.807, 2.05) is 47.2 Å². The van der Waals surface area contributed by atoms with E-state index in [-0.39, 0.29) is 10.7 Å². The average molecular weight is 597 g/mol. The lowest BCUT2D eigenvalue weighted by Crippen LogP contribution is -2.16. The van der Waals surface area contributed by atoms with Crippen molar-refractivity contribution in [2.24, 2.45) is 5.73 Å². The third-order valence-electron chi connectivity index (χ3n) is 7.79. The van der Waals surface area contributed by atoms with Crippen LogP contribution in [0.2, 0.25) is 0 Å². The molecule has 0 aliphatic heterocycles. The molecule has 220 valence electrons. The lowest BCUT2D eigenvalue weighted by atomic mass is 10.1. The standard InChI is InChI=1S/C32H32N6O4S/c1-4-5-14-30-34-25-16-15-22(31(33)39)17-28(25)38(30)19-23-18-37(26-11-7-6-10-24(23)26)27-12-8-9-13-29(27)43(40,41)36-32-20(2)21(3)42-35-32/h6-13,15-18H,4-5,14,19H2,1-3H3,(H2,33,39)(H,35,36). The molecule has 3 aromatic carbocycles. The number of nitrogens with two attached hydrogens (primary N) is 1. The molecular weight excluding hydrogens is 564 g/mol. The number of fused-ring (bicyclic) bond motifs is 2. The third kappa shape index (κ3) is 5.16. The number of carbonyl (C=O) groups excluding carboxylic acids is 1. The minimum Gasteiger partial charge on any atom is -0.366 e. The molecule has 0 radical (unpaired) electrons. The van der Waals surface area contributed by atoms with Crippen molar-refractivity contribution in [2.75, 3.05) is 4.72 Å². The number of nitrogens with one attached hydrogen (secondary N) is 1. The molecule has 0 bridgehead atoms. The van der Waals surface area contributed by atoms with Gasteiger partial charge in [-0.05, 0) is 62.2 Å². The fourth-order valence-corrected chi connectivity index (χ4v) is 6.61. The van der Waals surface area contributed by atoms with E-state index in [1.165, 1.54) is 0 Å². The molecule has 0 fully saturated rings. The highest BCUT2D eigenvalue weighted by molar-refractivity contribution is 7.92. The van der Waals surface area contributed by atoms with Crippen molar-refractivity contribution in [3.8, 4) is 5.69 Å². The van der Waals surface area contributed by atoms with Crippen LogP contribution in [0.25, 0.3) is 27.6 Å². The second-order valence-electron chi connectivity index (χ2n) is 10.6. The van der Waals surface area contributed by atoms with Gasteiger partial charge >= 0.3 is 0 Å². The Hall–Kier alpha value is -4.90. The summed E-state index contributed by atoms with van der Waals surface area (Å²) in [6.45, 7) is 6.09. The number of imidazole rings is 1. The van der Waals surface area contributed by atoms with Gasteiger partial charge < -0.3 is 19.4 Å². The van der Waals surface area contributed by atoms with Crippen molar-refractivity contribution >= 4 is 43.7 Å². The smallest absolute Gasteiger partial charge is 0.265 e. The van der Waals surface area contributed by atoms with Gasteiger partial charge in [0.25, 0.3) is 10.0 Å². The Morgan fingerprint density at radius 1 is 1.02 bits per heavy atom. The number of nitrogens with zero attached hydrogens (tertiary/aromatic N) is 4. The number of rotatable bonds is 10. The first-order valence-electron chi connectivity index (χ1n) is 14.1. The maximum Gasteiger partial charge on any atom is 0.265 e. The van der Waals surface area contributed by atoms with Crippen LogP contribution in [0.5, 0.6) is 0 Å². The van der Waals surface area contributed by atoms with Crippen molar-refractivity contribution in [3.05, 3.63) is 101 Å². The SMILES string of the molecule is CCCCc1nc2ccc(C(N)=O)cc2n1Cc1cn(-c2ccccc2S(=O)(=O)Nc2noc(C)c2C)c2ccccc12. The molecule has 0 saturated heterocycles. The number of hydrogen-bond donors (Lipinski definition) is 2. The summed E-state index contributed by atoms with van der Waals surface area (Å²) >= 11 is 0. The Morgan fingerprint density at radius 2 is 1.79 bits per heavy atom. The lowest BCUT2D eigenvalue weighted by molar-refractivity contribution is 0.100. The molecule has 43 heavy (non-hydrogen) atoms. The van der Waals surface area contributed by atoms with Crippen LogP contribution in [-0.4, -0.2) is 33.6 Å². The van der Waals surface area contributed by atoms with E-state index in [0.29, 0.717) is 29.1 Å². The van der Waals surface area contributed by atoms with Gasteiger partial charge in [-0.25, -0.2) is 13.4 Å². The molecule has 11 heteroatoms. The molecule has 3 heterocycles. The summed E-state index contributed by atoms with van der Waals surface area (Å²) in [4.78, 5) is 17.0. The summed E-state index contributed by atoms with van der Waals surface area (Å²) in [5, 5.41) is 4.86. The van der Waals surface area contributed by atoms with Gasteiger partial charge in [0.15, 0.2) is 5.82 Å². The van der Waals surface area contributed by atoms with Gasteiger partial charge in [-0.1, -0.05) is 48.8 Å². The van der Waals surface area contributed by atoms with E-state index in [4.69, 9.17) is 15.2 Å². The van der Waals surface area contributed by atoms with E-state index >= 15 is 0 Å². The number of amides is 1. The normalized spacial score (nSPS) is 11.9. The van der Waals surface area contributed by atoms with Crippen LogP contribution in [0, 0.1) is 13.8 Å². The Balaban J connectivity index is 1.48. The molecule has 0 unspecified atom stereocenters. The average Bonchev–Trinajstić information content (AvgIpc) is 3.65. The van der Waals surface area contributed by atoms with E-state index in [1.54, 1.807) is 44.2 Å². The summed E-state index contributed by atoms with van der Waals surface area (Å²) in [6.07, 6.45) is 4.74. The van der Waals surface area contributed by atoms with Gasteiger partial charge in [0.2, 0.25) is 5.91 Å². The summed E-state index contributed by atoms with van der Waals surface area (Å²) in [5.41, 5.74) is 10.6. The molecule has 3 N–H and O–H groups in total. The van der Waals surface area contributed by atoms with Crippen molar-refractivity contribution in [1.29, 1.82) is 0 Å². The Bertz CT molecular complexity index is 2110. The molecule has 10 nitrogen and oxygen atoms in total. The number of aromatic nitrogens is 4. The van der Waals surface area contributed by atoms with Crippen LogP contribution in [0.1, 0.15) is 52.8 Å². The predicted octanol–water partition coefficient (Wildman–Crippen LogP) is 5.88. The third-order valence-corrected chi connectivity index (χ3v) is 9.18. The number of anilines is 1. The summed E-state index contributed by atoms with van der Waals surface area (Å²) < 4.78 is 39.2. The first kappa shape index (κ1) is 28.2. The molecule has 3 aromatic heterocycles. The second kappa shape index (κ2) is 11.1. The van der Waals surface area contributed by atoms with Gasteiger partial charge in [-0.2, -0.15) is 0 Å². The van der Waals surface area contributed by atoms with Crippen LogP contribution >= 0.6 is 0 Å². The zero-order valence-corrected chi connectivity index (χ0v) is 25.0. The fraction of sp³-hybridized carbons (Fsp3) is 0.219. The molecule has 0 saturated carbocycles. The monoisotopic (exact) mass is 596 g/mol. The van der Waals surface area contributed by atoms with Gasteiger partial charge in [-0.15, -0.1) is 0 Å². The molecule has 0 atom stereocenters. The van der Waals surface area contributed by atoms with Crippen molar-refractivity contribution in [1.82, 2.24) is 19.3 Å². The molecule has 1 amide bonds. The van der Waals surface area contributed by atoms with Crippen LogP contribution in [0.15, 0.2) is 82.3 Å². The highest BCUT2D eigenvalue weighted by Crippen LogP contribution is 2.32. The highest BCUT2D eigenvalue weighted by Gasteiger charge is 2.24. The number of benzene rings is 3. The number of sulfonamides is 1. The summed E-state index contributed by atoms with van der Waals surface area (Å²) in [6, 6.07) is 20.1. The Kier molecular flexibility index (Phi) is 7.26. The maximum atomic E-state index is 13.7. The first-order valence-corrected chi connectivity index (χ1v) is 15.6. The van der Waals surface area contributed by atoms with Gasteiger partial charge in [0.1, 0.15) is 16.5 Å². The van der Waals surface area contributed by atoms with Crippen molar-refractivity contribution < 1.29 is 17.7 Å². The van der Waals surface area contributed by atoms with Crippen LogP contribution in [-0.2, 0) is 23.0 Å². The second-order valence-corrected chi connectivity index (χ2v) is 12.3. The fourth-order valence-electron chi connectivity index (χ4n) is 5.35. The Morgan fingerprint density at radius 3 is 2.53 bits per heavy atom. The maximum absolute atomic E-state index is 13.7. The number of aryl methyl sites for hydroxylation is 2. The molecule has 0 spiro atoms. The summed E-state index contributed by atoms with van der Waals surface area (Å²) in [7, 11) is -4.02. The van der Waals surface area contributed by atoms with E-state index in [2.05, 4.69) is 21.4 Å². The zero-order chi connectivity index (χ0) is 30.3. The molecular formula is C32H32N6O4S. The summed E-state index contributed by atoms with van der Waals surface area (Å²) in [5.74, 6) is 1.12. The molecule has 0 aliphatic rings. The number of unbranched alkanes of at least 4 members (excludes halogenated alkanes) is 1. The number of hydrogen-bond acceptors (Lipinski definition) is 6. The quantitative estimate of drug-likeness (QED) is 0.203. The van der Waals surface area contributed by atoms with Gasteiger partial charge in [-0.3, -0.25) is 9.52 Å². The van der Waals surface area contributed by atoms with E-state index < -0.39 is 15.9 Å². The van der Waals surface area contributed by atoms with Crippen LogP contribution in [0.4, 0.5) is 5.82 Å². The molecule has 0 aliphatic carbocycles. The largest absolute Gasteiger partial charge is 0.366 e. The molecule has 6 aromatic rings. The zero-order valence-electron chi connectivity index (χ0n) is 24.2. The van der Waals surface area contributed by atoms with Crippen LogP contribution in [0.3, 0.4) is 0 Å². The topological polar surface area (TPSA) is 138 Å². The number of carbonyl (C=O) groups is 1. The number of primary amides is 1. The lowest BCUT2D eigenvalue weighted by Gasteiger charge is -2.13. The van der Waals surface area contributed by atoms with Crippen molar-refractivity contribution in [2.45, 2.75) is 51.5 Å². The Labute approximate surface area is 249 Å². The van der Waals surface area contributed by atoms with Gasteiger partial charge in [0.05, 0.1) is 28.8 Å². The van der Waals surface area contributed by atoms with E-state index in [0.717, 1.165) is 52.6 Å².